The minimum atomic E-state index is -0.0360. The molecule has 2 rings (SSSR count). The Kier molecular flexibility index (Phi) is 3.84. The molecule has 1 aliphatic heterocycles. The van der Waals surface area contributed by atoms with E-state index >= 15 is 0 Å². The summed E-state index contributed by atoms with van der Waals surface area (Å²) >= 11 is 1.37. The van der Waals surface area contributed by atoms with Crippen LogP contribution in [0.1, 0.15) is 24.9 Å². The molecule has 0 fully saturated rings. The summed E-state index contributed by atoms with van der Waals surface area (Å²) < 4.78 is 4.04. The summed E-state index contributed by atoms with van der Waals surface area (Å²) in [7, 11) is 1.86. The molecule has 1 aromatic carbocycles. The van der Waals surface area contributed by atoms with Gasteiger partial charge >= 0.3 is 0 Å². The fourth-order valence-corrected chi connectivity index (χ4v) is 2.56. The normalized spacial score (nSPS) is 20.2. The Morgan fingerprint density at radius 2 is 2.18 bits per heavy atom. The van der Waals surface area contributed by atoms with E-state index < -0.39 is 0 Å². The van der Waals surface area contributed by atoms with Crippen molar-refractivity contribution in [3.05, 3.63) is 35.9 Å². The molecule has 0 bridgehead atoms. The third kappa shape index (κ3) is 2.69. The lowest BCUT2D eigenvalue weighted by Gasteiger charge is -2.27. The van der Waals surface area contributed by atoms with Crippen molar-refractivity contribution in [2.75, 3.05) is 7.05 Å². The van der Waals surface area contributed by atoms with Crippen LogP contribution < -0.4 is 0 Å². The van der Waals surface area contributed by atoms with Crippen LogP contribution in [0.2, 0.25) is 0 Å². The van der Waals surface area contributed by atoms with Gasteiger partial charge in [0.25, 0.3) is 0 Å². The van der Waals surface area contributed by atoms with Crippen LogP contribution in [0.25, 0.3) is 0 Å². The van der Waals surface area contributed by atoms with E-state index in [0.29, 0.717) is 0 Å². The molecule has 1 unspecified atom stereocenters. The SMILES string of the molecule is C[C@H](c1ccccc1)N(C)C(=O)C1CC=NS1. The quantitative estimate of drug-likeness (QED) is 0.770. The lowest BCUT2D eigenvalue weighted by atomic mass is 10.1. The van der Waals surface area contributed by atoms with Crippen molar-refractivity contribution in [2.24, 2.45) is 4.40 Å². The van der Waals surface area contributed by atoms with Crippen LogP contribution in [0, 0.1) is 0 Å². The molecular formula is C13H16N2OS. The highest BCUT2D eigenvalue weighted by Gasteiger charge is 2.27. The number of carbonyl (C=O) groups excluding carboxylic acids is 1. The summed E-state index contributed by atoms with van der Waals surface area (Å²) in [5.41, 5.74) is 1.16. The van der Waals surface area contributed by atoms with E-state index in [9.17, 15) is 4.79 Å². The molecule has 1 aromatic rings. The van der Waals surface area contributed by atoms with Crippen molar-refractivity contribution < 1.29 is 4.79 Å². The van der Waals surface area contributed by atoms with Crippen LogP contribution in [0.3, 0.4) is 0 Å². The van der Waals surface area contributed by atoms with E-state index in [0.717, 1.165) is 12.0 Å². The van der Waals surface area contributed by atoms with Crippen LogP contribution in [-0.4, -0.2) is 29.3 Å². The number of benzene rings is 1. The van der Waals surface area contributed by atoms with Crippen LogP contribution in [0.4, 0.5) is 0 Å². The van der Waals surface area contributed by atoms with Gasteiger partial charge in [0.15, 0.2) is 0 Å². The van der Waals surface area contributed by atoms with E-state index in [-0.39, 0.29) is 17.2 Å². The van der Waals surface area contributed by atoms with Crippen molar-refractivity contribution in [1.29, 1.82) is 0 Å². The Morgan fingerprint density at radius 3 is 2.76 bits per heavy atom. The predicted molar refractivity (Wildman–Crippen MR) is 72.1 cm³/mol. The highest BCUT2D eigenvalue weighted by atomic mass is 32.2. The van der Waals surface area contributed by atoms with E-state index in [1.807, 2.05) is 55.4 Å². The van der Waals surface area contributed by atoms with Crippen LogP contribution in [-0.2, 0) is 4.79 Å². The molecule has 0 N–H and O–H groups in total. The molecule has 1 aliphatic rings. The number of hydrogen-bond acceptors (Lipinski definition) is 3. The van der Waals surface area contributed by atoms with Gasteiger partial charge in [0.05, 0.1) is 6.04 Å². The number of nitrogens with zero attached hydrogens (tertiary/aromatic N) is 2. The molecule has 0 aromatic heterocycles. The monoisotopic (exact) mass is 248 g/mol. The summed E-state index contributed by atoms with van der Waals surface area (Å²) in [5.74, 6) is 0.156. The van der Waals surface area contributed by atoms with E-state index in [1.165, 1.54) is 11.9 Å². The fraction of sp³-hybridized carbons (Fsp3) is 0.385. The Hall–Kier alpha value is -1.29. The molecular weight excluding hydrogens is 232 g/mol. The van der Waals surface area contributed by atoms with Crippen molar-refractivity contribution in [3.8, 4) is 0 Å². The molecule has 1 amide bonds. The summed E-state index contributed by atoms with van der Waals surface area (Å²) in [6, 6.07) is 10.2. The number of hydrogen-bond donors (Lipinski definition) is 0. The van der Waals surface area contributed by atoms with Crippen LogP contribution in [0.15, 0.2) is 34.7 Å². The molecule has 0 saturated carbocycles. The van der Waals surface area contributed by atoms with Gasteiger partial charge in [0.2, 0.25) is 5.91 Å². The second-order valence-corrected chi connectivity index (χ2v) is 5.14. The highest BCUT2D eigenvalue weighted by molar-refractivity contribution is 7.99. The Bertz CT molecular complexity index is 411. The van der Waals surface area contributed by atoms with E-state index in [1.54, 1.807) is 0 Å². The molecule has 17 heavy (non-hydrogen) atoms. The molecule has 4 heteroatoms. The van der Waals surface area contributed by atoms with E-state index in [2.05, 4.69) is 4.40 Å². The summed E-state index contributed by atoms with van der Waals surface area (Å²) in [6.07, 6.45) is 2.56. The molecule has 2 atom stereocenters. The Morgan fingerprint density at radius 1 is 1.47 bits per heavy atom. The standard InChI is InChI=1S/C13H16N2OS/c1-10(11-6-4-3-5-7-11)15(2)13(16)12-8-9-14-17-12/h3-7,9-10,12H,8H2,1-2H3/t10-,12?/m1/s1. The lowest BCUT2D eigenvalue weighted by Crippen LogP contribution is -2.35. The van der Waals surface area contributed by atoms with Gasteiger partial charge in [-0.2, -0.15) is 0 Å². The Balaban J connectivity index is 2.04. The third-order valence-corrected chi connectivity index (χ3v) is 3.99. The summed E-state index contributed by atoms with van der Waals surface area (Å²) in [5, 5.41) is -0.0360. The molecule has 0 saturated heterocycles. The summed E-state index contributed by atoms with van der Waals surface area (Å²) in [6.45, 7) is 2.05. The molecule has 3 nitrogen and oxygen atoms in total. The average molecular weight is 248 g/mol. The first-order valence-electron chi connectivity index (χ1n) is 5.69. The van der Waals surface area contributed by atoms with Gasteiger partial charge in [-0.05, 0) is 24.4 Å². The van der Waals surface area contributed by atoms with Gasteiger partial charge in [-0.15, -0.1) is 0 Å². The zero-order valence-electron chi connectivity index (χ0n) is 10.0. The second-order valence-electron chi connectivity index (χ2n) is 4.15. The summed E-state index contributed by atoms with van der Waals surface area (Å²) in [4.78, 5) is 14.0. The Labute approximate surface area is 106 Å². The zero-order chi connectivity index (χ0) is 12.3. The van der Waals surface area contributed by atoms with Crippen molar-refractivity contribution in [2.45, 2.75) is 24.6 Å². The topological polar surface area (TPSA) is 32.7 Å². The maximum absolute atomic E-state index is 12.2. The first kappa shape index (κ1) is 12.2. The predicted octanol–water partition coefficient (Wildman–Crippen LogP) is 2.70. The molecule has 90 valence electrons. The van der Waals surface area contributed by atoms with Crippen LogP contribution in [0.5, 0.6) is 0 Å². The maximum Gasteiger partial charge on any atom is 0.238 e. The van der Waals surface area contributed by atoms with Crippen molar-refractivity contribution in [1.82, 2.24) is 4.90 Å². The minimum absolute atomic E-state index is 0.0360. The van der Waals surface area contributed by atoms with E-state index in [4.69, 9.17) is 0 Å². The van der Waals surface area contributed by atoms with Crippen molar-refractivity contribution >= 4 is 24.1 Å². The molecule has 0 aliphatic carbocycles. The van der Waals surface area contributed by atoms with Gasteiger partial charge < -0.3 is 4.90 Å². The first-order chi connectivity index (χ1) is 8.20. The molecule has 0 radical (unpaired) electrons. The van der Waals surface area contributed by atoms with Gasteiger partial charge in [-0.3, -0.25) is 4.79 Å². The smallest absolute Gasteiger partial charge is 0.238 e. The van der Waals surface area contributed by atoms with Crippen molar-refractivity contribution in [3.63, 3.8) is 0 Å². The highest BCUT2D eigenvalue weighted by Crippen LogP contribution is 2.26. The number of amides is 1. The molecule has 1 heterocycles. The van der Waals surface area contributed by atoms with Gasteiger partial charge in [0, 0.05) is 19.7 Å². The van der Waals surface area contributed by atoms with Crippen LogP contribution >= 0.6 is 11.9 Å². The average Bonchev–Trinajstić information content (AvgIpc) is 2.91. The number of rotatable bonds is 3. The number of carbonyl (C=O) groups is 1. The minimum Gasteiger partial charge on any atom is -0.338 e. The molecule has 0 spiro atoms. The lowest BCUT2D eigenvalue weighted by molar-refractivity contribution is -0.131. The first-order valence-corrected chi connectivity index (χ1v) is 6.53. The zero-order valence-corrected chi connectivity index (χ0v) is 10.9. The largest absolute Gasteiger partial charge is 0.338 e. The van der Waals surface area contributed by atoms with Gasteiger partial charge in [-0.25, -0.2) is 4.40 Å². The second kappa shape index (κ2) is 5.36. The van der Waals surface area contributed by atoms with Gasteiger partial charge in [0.1, 0.15) is 5.25 Å². The maximum atomic E-state index is 12.2. The fourth-order valence-electron chi connectivity index (χ4n) is 1.82. The third-order valence-electron chi connectivity index (χ3n) is 3.07. The van der Waals surface area contributed by atoms with Gasteiger partial charge in [-0.1, -0.05) is 30.3 Å².